The number of piperidine rings is 1. The number of hydrogen-bond acceptors (Lipinski definition) is 4. The highest BCUT2D eigenvalue weighted by Gasteiger charge is 2.22. The molecule has 1 saturated heterocycles. The zero-order valence-corrected chi connectivity index (χ0v) is 12.2. The summed E-state index contributed by atoms with van der Waals surface area (Å²) in [6.45, 7) is 4.91. The van der Waals surface area contributed by atoms with Gasteiger partial charge in [0, 0.05) is 38.9 Å². The first-order valence-electron chi connectivity index (χ1n) is 7.11. The molecule has 2 rings (SSSR count). The van der Waals surface area contributed by atoms with Crippen molar-refractivity contribution in [2.45, 2.75) is 19.8 Å². The zero-order valence-electron chi connectivity index (χ0n) is 12.2. The molecule has 4 nitrogen and oxygen atoms in total. The van der Waals surface area contributed by atoms with Crippen LogP contribution in [0.4, 0.5) is 15.8 Å². The summed E-state index contributed by atoms with van der Waals surface area (Å²) in [5.74, 6) is 0.474. The maximum Gasteiger partial charge on any atom is 0.167 e. The summed E-state index contributed by atoms with van der Waals surface area (Å²) < 4.78 is 24.2. The van der Waals surface area contributed by atoms with Crippen LogP contribution in [-0.2, 0) is 4.74 Å². The molecule has 1 aromatic carbocycles. The van der Waals surface area contributed by atoms with Crippen LogP contribution in [0.3, 0.4) is 0 Å². The largest absolute Gasteiger partial charge is 0.491 e. The molecule has 5 heteroatoms. The lowest BCUT2D eigenvalue weighted by Gasteiger charge is -2.34. The second-order valence-corrected chi connectivity index (χ2v) is 5.16. The van der Waals surface area contributed by atoms with Crippen LogP contribution in [0, 0.1) is 11.7 Å². The predicted octanol–water partition coefficient (Wildman–Crippen LogP) is 2.67. The van der Waals surface area contributed by atoms with E-state index in [4.69, 9.17) is 15.2 Å². The molecule has 20 heavy (non-hydrogen) atoms. The average Bonchev–Trinajstić information content (AvgIpc) is 2.43. The minimum atomic E-state index is -0.401. The van der Waals surface area contributed by atoms with E-state index in [0.717, 1.165) is 38.2 Å². The van der Waals surface area contributed by atoms with E-state index in [0.29, 0.717) is 18.2 Å². The fourth-order valence-corrected chi connectivity index (χ4v) is 2.67. The third-order valence-corrected chi connectivity index (χ3v) is 3.74. The summed E-state index contributed by atoms with van der Waals surface area (Å²) in [6, 6.07) is 3.06. The highest BCUT2D eigenvalue weighted by molar-refractivity contribution is 5.70. The summed E-state index contributed by atoms with van der Waals surface area (Å²) >= 11 is 0. The maximum absolute atomic E-state index is 13.7. The van der Waals surface area contributed by atoms with Gasteiger partial charge in [0.2, 0.25) is 0 Å². The van der Waals surface area contributed by atoms with Crippen molar-refractivity contribution >= 4 is 11.4 Å². The lowest BCUT2D eigenvalue weighted by atomic mass is 9.97. The van der Waals surface area contributed by atoms with Gasteiger partial charge in [0.25, 0.3) is 0 Å². The van der Waals surface area contributed by atoms with E-state index in [1.54, 1.807) is 13.2 Å². The van der Waals surface area contributed by atoms with E-state index in [9.17, 15) is 4.39 Å². The summed E-state index contributed by atoms with van der Waals surface area (Å²) in [7, 11) is 1.73. The summed E-state index contributed by atoms with van der Waals surface area (Å²) in [4.78, 5) is 2.20. The van der Waals surface area contributed by atoms with Crippen molar-refractivity contribution in [2.75, 3.05) is 44.0 Å². The Labute approximate surface area is 119 Å². The quantitative estimate of drug-likeness (QED) is 0.844. The Morgan fingerprint density at radius 3 is 2.65 bits per heavy atom. The zero-order chi connectivity index (χ0) is 14.5. The topological polar surface area (TPSA) is 47.7 Å². The van der Waals surface area contributed by atoms with Crippen molar-refractivity contribution in [3.8, 4) is 5.75 Å². The molecule has 0 aliphatic carbocycles. The minimum absolute atomic E-state index is 0.274. The minimum Gasteiger partial charge on any atom is -0.491 e. The summed E-state index contributed by atoms with van der Waals surface area (Å²) in [5.41, 5.74) is 7.28. The van der Waals surface area contributed by atoms with E-state index < -0.39 is 5.82 Å². The number of methoxy groups -OCH3 is 1. The van der Waals surface area contributed by atoms with E-state index in [1.165, 1.54) is 6.07 Å². The van der Waals surface area contributed by atoms with Gasteiger partial charge in [-0.3, -0.25) is 0 Å². The highest BCUT2D eigenvalue weighted by Crippen LogP contribution is 2.33. The number of nitrogen functional groups attached to an aromatic ring is 1. The molecule has 112 valence electrons. The summed E-state index contributed by atoms with van der Waals surface area (Å²) in [6.07, 6.45) is 2.13. The molecule has 0 spiro atoms. The fraction of sp³-hybridized carbons (Fsp3) is 0.600. The number of anilines is 2. The van der Waals surface area contributed by atoms with E-state index in [1.807, 2.05) is 6.92 Å². The smallest absolute Gasteiger partial charge is 0.167 e. The Balaban J connectivity index is 2.11. The predicted molar refractivity (Wildman–Crippen MR) is 78.8 cm³/mol. The van der Waals surface area contributed by atoms with Gasteiger partial charge >= 0.3 is 0 Å². The number of halogens is 1. The molecule has 0 aromatic heterocycles. The molecule has 0 radical (unpaired) electrons. The van der Waals surface area contributed by atoms with Crippen molar-refractivity contribution < 1.29 is 13.9 Å². The maximum atomic E-state index is 13.7. The van der Waals surface area contributed by atoms with Crippen LogP contribution in [0.15, 0.2) is 12.1 Å². The fourth-order valence-electron chi connectivity index (χ4n) is 2.67. The standard InChI is InChI=1S/C15H23FN2O2/c1-3-20-15-9-14(13(17)8-12(15)16)18-6-4-11(5-7-18)10-19-2/h8-9,11H,3-7,10,17H2,1-2H3. The van der Waals surface area contributed by atoms with Gasteiger partial charge in [0.15, 0.2) is 11.6 Å². The Bertz CT molecular complexity index is 446. The lowest BCUT2D eigenvalue weighted by molar-refractivity contribution is 0.139. The summed E-state index contributed by atoms with van der Waals surface area (Å²) in [5, 5.41) is 0. The molecule has 1 heterocycles. The van der Waals surface area contributed by atoms with Crippen molar-refractivity contribution in [3.63, 3.8) is 0 Å². The van der Waals surface area contributed by atoms with Gasteiger partial charge in [0.05, 0.1) is 18.0 Å². The van der Waals surface area contributed by atoms with Crippen LogP contribution < -0.4 is 15.4 Å². The average molecular weight is 282 g/mol. The van der Waals surface area contributed by atoms with Gasteiger partial charge in [-0.1, -0.05) is 0 Å². The van der Waals surface area contributed by atoms with Crippen molar-refractivity contribution in [2.24, 2.45) is 5.92 Å². The van der Waals surface area contributed by atoms with Crippen molar-refractivity contribution in [3.05, 3.63) is 17.9 Å². The van der Waals surface area contributed by atoms with Gasteiger partial charge in [-0.05, 0) is 25.7 Å². The normalized spacial score (nSPS) is 16.4. The second kappa shape index (κ2) is 6.79. The van der Waals surface area contributed by atoms with Crippen molar-refractivity contribution in [1.82, 2.24) is 0 Å². The Morgan fingerprint density at radius 1 is 1.35 bits per heavy atom. The van der Waals surface area contributed by atoms with Gasteiger partial charge in [-0.2, -0.15) is 0 Å². The van der Waals surface area contributed by atoms with Gasteiger partial charge in [-0.25, -0.2) is 4.39 Å². The third kappa shape index (κ3) is 3.33. The SMILES string of the molecule is CCOc1cc(N2CCC(COC)CC2)c(N)cc1F. The first-order chi connectivity index (χ1) is 9.65. The van der Waals surface area contributed by atoms with Gasteiger partial charge in [-0.15, -0.1) is 0 Å². The van der Waals surface area contributed by atoms with E-state index in [2.05, 4.69) is 4.90 Å². The molecule has 0 atom stereocenters. The Hall–Kier alpha value is -1.49. The van der Waals surface area contributed by atoms with Crippen LogP contribution >= 0.6 is 0 Å². The monoisotopic (exact) mass is 282 g/mol. The number of ether oxygens (including phenoxy) is 2. The molecule has 0 bridgehead atoms. The Kier molecular flexibility index (Phi) is 5.06. The molecule has 0 saturated carbocycles. The number of rotatable bonds is 5. The molecular weight excluding hydrogens is 259 g/mol. The van der Waals surface area contributed by atoms with Gasteiger partial charge in [0.1, 0.15) is 0 Å². The van der Waals surface area contributed by atoms with E-state index in [-0.39, 0.29) is 5.75 Å². The van der Waals surface area contributed by atoms with Crippen LogP contribution in [-0.4, -0.2) is 33.4 Å². The van der Waals surface area contributed by atoms with Crippen LogP contribution in [0.2, 0.25) is 0 Å². The van der Waals surface area contributed by atoms with Gasteiger partial charge < -0.3 is 20.1 Å². The lowest BCUT2D eigenvalue weighted by Crippen LogP contribution is -2.35. The number of benzene rings is 1. The second-order valence-electron chi connectivity index (χ2n) is 5.16. The van der Waals surface area contributed by atoms with Crippen LogP contribution in [0.1, 0.15) is 19.8 Å². The molecule has 1 aromatic rings. The molecular formula is C15H23FN2O2. The van der Waals surface area contributed by atoms with Crippen LogP contribution in [0.25, 0.3) is 0 Å². The third-order valence-electron chi connectivity index (χ3n) is 3.74. The molecule has 1 fully saturated rings. The van der Waals surface area contributed by atoms with Crippen molar-refractivity contribution in [1.29, 1.82) is 0 Å². The molecule has 2 N–H and O–H groups in total. The highest BCUT2D eigenvalue weighted by atomic mass is 19.1. The van der Waals surface area contributed by atoms with E-state index >= 15 is 0 Å². The number of nitrogens with two attached hydrogens (primary N) is 1. The Morgan fingerprint density at radius 2 is 2.05 bits per heavy atom. The molecule has 1 aliphatic heterocycles. The number of nitrogens with zero attached hydrogens (tertiary/aromatic N) is 1. The first-order valence-corrected chi connectivity index (χ1v) is 7.11. The molecule has 0 unspecified atom stereocenters. The number of hydrogen-bond donors (Lipinski definition) is 1. The molecule has 1 aliphatic rings. The molecule has 0 amide bonds. The van der Waals surface area contributed by atoms with Crippen LogP contribution in [0.5, 0.6) is 5.75 Å². The first kappa shape index (κ1) is 14.9.